The molecule has 0 bridgehead atoms. The molecule has 0 N–H and O–H groups in total. The van der Waals surface area contributed by atoms with E-state index in [9.17, 15) is 0 Å². The molecule has 1 nitrogen and oxygen atoms in total. The van der Waals surface area contributed by atoms with E-state index in [-0.39, 0.29) is 0 Å². The zero-order valence-corrected chi connectivity index (χ0v) is 8.95. The molecule has 0 amide bonds. The van der Waals surface area contributed by atoms with E-state index in [1.165, 1.54) is 11.1 Å². The Morgan fingerprint density at radius 3 is 2.33 bits per heavy atom. The molecule has 0 unspecified atom stereocenters. The average molecular weight is 197 g/mol. The third kappa shape index (κ3) is 2.59. The second-order valence-electron chi connectivity index (χ2n) is 3.66. The summed E-state index contributed by atoms with van der Waals surface area (Å²) in [5.41, 5.74) is 2.43. The molecular formula is C14H13O. The summed E-state index contributed by atoms with van der Waals surface area (Å²) in [4.78, 5) is 0. The van der Waals surface area contributed by atoms with Gasteiger partial charge in [0, 0.05) is 0 Å². The van der Waals surface area contributed by atoms with Gasteiger partial charge in [-0.15, -0.1) is 0 Å². The first-order valence-corrected chi connectivity index (χ1v) is 4.96. The number of ether oxygens (including phenoxy) is 1. The van der Waals surface area contributed by atoms with Crippen LogP contribution in [-0.4, -0.2) is 0 Å². The molecule has 0 aliphatic rings. The molecule has 0 heterocycles. The van der Waals surface area contributed by atoms with Gasteiger partial charge in [0.1, 0.15) is 11.5 Å². The third-order valence-electron chi connectivity index (χ3n) is 2.11. The normalized spacial score (nSPS) is 10.0. The summed E-state index contributed by atoms with van der Waals surface area (Å²) >= 11 is 0. The lowest BCUT2D eigenvalue weighted by molar-refractivity contribution is 0.482. The van der Waals surface area contributed by atoms with Crippen LogP contribution >= 0.6 is 0 Å². The number of hydrogen-bond acceptors (Lipinski definition) is 1. The quantitative estimate of drug-likeness (QED) is 0.709. The molecule has 0 fully saturated rings. The summed E-state index contributed by atoms with van der Waals surface area (Å²) in [6.45, 7) is 4.13. The van der Waals surface area contributed by atoms with Crippen LogP contribution in [0.1, 0.15) is 11.1 Å². The molecule has 0 atom stereocenters. The largest absolute Gasteiger partial charge is 0.457 e. The second-order valence-corrected chi connectivity index (χ2v) is 3.66. The summed E-state index contributed by atoms with van der Waals surface area (Å²) in [5.74, 6) is 1.70. The molecule has 15 heavy (non-hydrogen) atoms. The molecule has 2 rings (SSSR count). The van der Waals surface area contributed by atoms with Crippen molar-refractivity contribution in [3.8, 4) is 11.5 Å². The Morgan fingerprint density at radius 1 is 1.00 bits per heavy atom. The van der Waals surface area contributed by atoms with Crippen molar-refractivity contribution < 1.29 is 4.74 Å². The minimum absolute atomic E-state index is 0.822. The monoisotopic (exact) mass is 197 g/mol. The predicted molar refractivity (Wildman–Crippen MR) is 61.3 cm³/mol. The van der Waals surface area contributed by atoms with E-state index < -0.39 is 0 Å². The first kappa shape index (κ1) is 9.78. The van der Waals surface area contributed by atoms with Crippen LogP contribution in [0.25, 0.3) is 0 Å². The fraction of sp³-hybridized carbons (Fsp3) is 0.143. The van der Waals surface area contributed by atoms with Gasteiger partial charge in [0.25, 0.3) is 0 Å². The Bertz CT molecular complexity index is 426. The maximum atomic E-state index is 5.71. The van der Waals surface area contributed by atoms with Gasteiger partial charge in [-0.1, -0.05) is 18.2 Å². The Labute approximate surface area is 90.3 Å². The molecule has 2 aromatic carbocycles. The minimum Gasteiger partial charge on any atom is -0.457 e. The SMILES string of the molecule is Cc1cc(C)cc(Oc2c[c]ccc2)c1. The van der Waals surface area contributed by atoms with Crippen LogP contribution in [0.15, 0.2) is 42.5 Å². The highest BCUT2D eigenvalue weighted by Gasteiger charge is 1.98. The molecule has 0 spiro atoms. The first-order valence-electron chi connectivity index (χ1n) is 4.96. The Kier molecular flexibility index (Phi) is 2.72. The zero-order chi connectivity index (χ0) is 10.7. The molecule has 1 heteroatoms. The Hall–Kier alpha value is -1.76. The average Bonchev–Trinajstić information content (AvgIpc) is 2.17. The minimum atomic E-state index is 0.822. The lowest BCUT2D eigenvalue weighted by atomic mass is 10.1. The van der Waals surface area contributed by atoms with Crippen molar-refractivity contribution in [3.05, 3.63) is 59.7 Å². The Balaban J connectivity index is 2.25. The van der Waals surface area contributed by atoms with E-state index in [2.05, 4.69) is 26.0 Å². The van der Waals surface area contributed by atoms with Gasteiger partial charge in [-0.3, -0.25) is 0 Å². The molecule has 1 radical (unpaired) electrons. The van der Waals surface area contributed by atoms with Gasteiger partial charge in [0.15, 0.2) is 0 Å². The number of hydrogen-bond donors (Lipinski definition) is 0. The van der Waals surface area contributed by atoms with E-state index in [4.69, 9.17) is 4.74 Å². The first-order chi connectivity index (χ1) is 7.24. The highest BCUT2D eigenvalue weighted by molar-refractivity contribution is 5.36. The molecule has 0 aromatic heterocycles. The summed E-state index contributed by atoms with van der Waals surface area (Å²) in [6, 6.07) is 16.7. The molecule has 2 aromatic rings. The van der Waals surface area contributed by atoms with Gasteiger partial charge < -0.3 is 4.74 Å². The fourth-order valence-electron chi connectivity index (χ4n) is 1.57. The van der Waals surface area contributed by atoms with Gasteiger partial charge in [0.2, 0.25) is 0 Å². The van der Waals surface area contributed by atoms with E-state index in [0.29, 0.717) is 0 Å². The maximum absolute atomic E-state index is 5.71. The van der Waals surface area contributed by atoms with Gasteiger partial charge in [-0.2, -0.15) is 0 Å². The zero-order valence-electron chi connectivity index (χ0n) is 8.95. The van der Waals surface area contributed by atoms with Crippen molar-refractivity contribution in [1.82, 2.24) is 0 Å². The smallest absolute Gasteiger partial charge is 0.128 e. The third-order valence-corrected chi connectivity index (χ3v) is 2.11. The molecule has 0 saturated heterocycles. The number of rotatable bonds is 2. The standard InChI is InChI=1S/C14H13O/c1-11-8-12(2)10-14(9-11)15-13-6-4-3-5-7-13/h3-4,6-10H,1-2H3. The lowest BCUT2D eigenvalue weighted by Crippen LogP contribution is -1.86. The van der Waals surface area contributed by atoms with Gasteiger partial charge in [0.05, 0.1) is 0 Å². The van der Waals surface area contributed by atoms with Crippen molar-refractivity contribution in [2.24, 2.45) is 0 Å². The highest BCUT2D eigenvalue weighted by Crippen LogP contribution is 2.22. The molecule has 0 aliphatic carbocycles. The van der Waals surface area contributed by atoms with E-state index in [0.717, 1.165) is 11.5 Å². The highest BCUT2D eigenvalue weighted by atomic mass is 16.5. The van der Waals surface area contributed by atoms with Gasteiger partial charge >= 0.3 is 0 Å². The van der Waals surface area contributed by atoms with Gasteiger partial charge in [-0.05, 0) is 55.3 Å². The van der Waals surface area contributed by atoms with Crippen molar-refractivity contribution >= 4 is 0 Å². The second kappa shape index (κ2) is 4.18. The summed E-state index contributed by atoms with van der Waals surface area (Å²) in [7, 11) is 0. The van der Waals surface area contributed by atoms with Crippen LogP contribution in [0.5, 0.6) is 11.5 Å². The van der Waals surface area contributed by atoms with Crippen LogP contribution in [0.2, 0.25) is 0 Å². The number of benzene rings is 2. The van der Waals surface area contributed by atoms with E-state index in [1.807, 2.05) is 36.4 Å². The van der Waals surface area contributed by atoms with Crippen LogP contribution < -0.4 is 4.74 Å². The summed E-state index contributed by atoms with van der Waals surface area (Å²) < 4.78 is 5.71. The summed E-state index contributed by atoms with van der Waals surface area (Å²) in [6.07, 6.45) is 0. The molecule has 75 valence electrons. The van der Waals surface area contributed by atoms with Crippen LogP contribution in [-0.2, 0) is 0 Å². The van der Waals surface area contributed by atoms with Crippen molar-refractivity contribution in [1.29, 1.82) is 0 Å². The van der Waals surface area contributed by atoms with Crippen molar-refractivity contribution in [2.75, 3.05) is 0 Å². The fourth-order valence-corrected chi connectivity index (χ4v) is 1.57. The molecule has 0 saturated carbocycles. The topological polar surface area (TPSA) is 9.23 Å². The maximum Gasteiger partial charge on any atom is 0.128 e. The van der Waals surface area contributed by atoms with Crippen LogP contribution in [0, 0.1) is 19.9 Å². The van der Waals surface area contributed by atoms with Crippen molar-refractivity contribution in [2.45, 2.75) is 13.8 Å². The predicted octanol–water partition coefficient (Wildman–Crippen LogP) is 3.90. The van der Waals surface area contributed by atoms with E-state index >= 15 is 0 Å². The van der Waals surface area contributed by atoms with Crippen LogP contribution in [0.3, 0.4) is 0 Å². The van der Waals surface area contributed by atoms with E-state index in [1.54, 1.807) is 0 Å². The lowest BCUT2D eigenvalue weighted by Gasteiger charge is -2.07. The summed E-state index contributed by atoms with van der Waals surface area (Å²) in [5, 5.41) is 0. The Morgan fingerprint density at radius 2 is 1.73 bits per heavy atom. The molecular weight excluding hydrogens is 184 g/mol. The van der Waals surface area contributed by atoms with Crippen molar-refractivity contribution in [3.63, 3.8) is 0 Å². The van der Waals surface area contributed by atoms with Crippen LogP contribution in [0.4, 0.5) is 0 Å². The number of aryl methyl sites for hydroxylation is 2. The van der Waals surface area contributed by atoms with Gasteiger partial charge in [-0.25, -0.2) is 0 Å². The molecule has 0 aliphatic heterocycles.